The molecule has 0 atom stereocenters. The standard InChI is InChI=1S/C58H22F6N10O2/c59-57(60,61)75-39-11-7-35(8-12-39)47-53-43(29-71)49(45-5-1-3-15-73-45)51(41(27-69)37-19-31(23-65)17-32(20-37)24-66)55(53)48(36-9-13-40(14-10-36)76-58(62,63)64)54-44(30-72)50(46-6-2-4-16-74-46)52(56(47)54)42(28-70)38-21-33(25-67)18-34(22-38)26-68/h1-22H/b51-41+,52-42+. The van der Waals surface area contributed by atoms with Gasteiger partial charge in [-0.2, -0.15) is 42.1 Å². The van der Waals surface area contributed by atoms with Gasteiger partial charge in [0.2, 0.25) is 0 Å². The van der Waals surface area contributed by atoms with Gasteiger partial charge in [0.15, 0.2) is 0 Å². The monoisotopic (exact) mass is 1000 g/mol. The van der Waals surface area contributed by atoms with E-state index in [1.807, 2.05) is 24.3 Å². The maximum atomic E-state index is 13.7. The summed E-state index contributed by atoms with van der Waals surface area (Å²) in [5.74, 6) is -1.36. The van der Waals surface area contributed by atoms with Gasteiger partial charge in [0.05, 0.1) is 80.2 Å². The van der Waals surface area contributed by atoms with Crippen molar-refractivity contribution in [3.8, 4) is 82.3 Å². The Bertz CT molecular complexity index is 3810. The fourth-order valence-electron chi connectivity index (χ4n) is 9.31. The SMILES string of the molecule is N#CC1=C(c2ccccn2)/C(=C(/C#N)c2cc(C#N)cc(C#N)c2)c2c1c(-c1ccc(OC(F)(F)F)cc1)c1c(c2-c2ccc(OC(F)(F)F)cc2)C(C#N)=C(c2ccccn2)/C1=C(/C#N)c1cc(C#N)cc(C#N)c1. The number of fused-ring (bicyclic) bond motifs is 2. The fourth-order valence-corrected chi connectivity index (χ4v) is 9.31. The van der Waals surface area contributed by atoms with Crippen LogP contribution in [-0.4, -0.2) is 22.7 Å². The summed E-state index contributed by atoms with van der Waals surface area (Å²) >= 11 is 0. The van der Waals surface area contributed by atoms with E-state index in [2.05, 4.69) is 43.7 Å². The van der Waals surface area contributed by atoms with Gasteiger partial charge in [-0.15, -0.1) is 26.3 Å². The third kappa shape index (κ3) is 8.94. The molecule has 9 rings (SSSR count). The van der Waals surface area contributed by atoms with Crippen molar-refractivity contribution >= 4 is 44.6 Å². The number of ether oxygens (including phenoxy) is 2. The molecular weight excluding hydrogens is 983 g/mol. The first kappa shape index (κ1) is 49.4. The van der Waals surface area contributed by atoms with Crippen molar-refractivity contribution in [2.45, 2.75) is 12.7 Å². The van der Waals surface area contributed by atoms with Crippen LogP contribution in [0.3, 0.4) is 0 Å². The van der Waals surface area contributed by atoms with Gasteiger partial charge >= 0.3 is 12.7 Å². The fraction of sp³-hybridized carbons (Fsp3) is 0.0345. The highest BCUT2D eigenvalue weighted by molar-refractivity contribution is 6.38. The van der Waals surface area contributed by atoms with Crippen molar-refractivity contribution in [3.05, 3.63) is 201 Å². The van der Waals surface area contributed by atoms with E-state index in [9.17, 15) is 68.4 Å². The van der Waals surface area contributed by atoms with Crippen LogP contribution >= 0.6 is 0 Å². The number of alkyl halides is 6. The van der Waals surface area contributed by atoms with Crippen LogP contribution in [0.4, 0.5) is 26.3 Å². The lowest BCUT2D eigenvalue weighted by Gasteiger charge is -2.24. The lowest BCUT2D eigenvalue weighted by Crippen LogP contribution is -2.17. The Morgan fingerprint density at radius 1 is 0.395 bits per heavy atom. The Labute approximate surface area is 426 Å². The van der Waals surface area contributed by atoms with Crippen LogP contribution in [0, 0.1) is 90.6 Å². The van der Waals surface area contributed by atoms with Crippen molar-refractivity contribution in [1.29, 1.82) is 42.1 Å². The Balaban J connectivity index is 1.63. The van der Waals surface area contributed by atoms with E-state index >= 15 is 0 Å². The van der Waals surface area contributed by atoms with E-state index in [4.69, 9.17) is 0 Å². The highest BCUT2D eigenvalue weighted by atomic mass is 19.4. The molecule has 2 aromatic heterocycles. The average molecular weight is 1000 g/mol. The molecular formula is C58H22F6N10O2. The molecule has 0 unspecified atom stereocenters. The molecule has 76 heavy (non-hydrogen) atoms. The van der Waals surface area contributed by atoms with Gasteiger partial charge in [-0.25, -0.2) is 0 Å². The van der Waals surface area contributed by atoms with Crippen LogP contribution in [0.5, 0.6) is 11.5 Å². The molecule has 18 heteroatoms. The zero-order valence-corrected chi connectivity index (χ0v) is 38.3. The predicted octanol–water partition coefficient (Wildman–Crippen LogP) is 12.9. The van der Waals surface area contributed by atoms with E-state index in [1.54, 1.807) is 24.3 Å². The lowest BCUT2D eigenvalue weighted by atomic mass is 9.77. The van der Waals surface area contributed by atoms with Gasteiger partial charge in [-0.3, -0.25) is 9.97 Å². The molecule has 2 aliphatic carbocycles. The van der Waals surface area contributed by atoms with E-state index in [-0.39, 0.29) is 134 Å². The topological polar surface area (TPSA) is 235 Å². The van der Waals surface area contributed by atoms with Crippen LogP contribution < -0.4 is 9.47 Å². The Morgan fingerprint density at radius 3 is 1.00 bits per heavy atom. The first-order valence-electron chi connectivity index (χ1n) is 21.9. The van der Waals surface area contributed by atoms with Crippen molar-refractivity contribution in [3.63, 3.8) is 0 Å². The molecule has 0 radical (unpaired) electrons. The number of hydrogen-bond donors (Lipinski definition) is 0. The summed E-state index contributed by atoms with van der Waals surface area (Å²) in [7, 11) is 0. The Hall–Kier alpha value is -11.5. The van der Waals surface area contributed by atoms with Crippen molar-refractivity contribution < 1.29 is 35.8 Å². The molecule has 0 spiro atoms. The number of nitrogens with zero attached hydrogens (tertiary/aromatic N) is 10. The molecule has 0 saturated heterocycles. The normalized spacial score (nSPS) is 13.8. The second kappa shape index (κ2) is 19.6. The highest BCUT2D eigenvalue weighted by Crippen LogP contribution is 2.63. The summed E-state index contributed by atoms with van der Waals surface area (Å²) in [6.07, 6.45) is -7.53. The van der Waals surface area contributed by atoms with Crippen LogP contribution in [0.1, 0.15) is 67.0 Å². The first-order chi connectivity index (χ1) is 36.6. The summed E-state index contributed by atoms with van der Waals surface area (Å²) in [6, 6.07) is 42.6. The molecule has 0 bridgehead atoms. The van der Waals surface area contributed by atoms with Crippen LogP contribution in [0.25, 0.3) is 66.8 Å². The van der Waals surface area contributed by atoms with E-state index in [0.717, 1.165) is 24.3 Å². The summed E-state index contributed by atoms with van der Waals surface area (Å²) in [5, 5.41) is 86.9. The number of rotatable bonds is 8. The molecule has 0 N–H and O–H groups in total. The molecule has 2 aliphatic rings. The zero-order valence-electron chi connectivity index (χ0n) is 38.3. The number of halogens is 6. The third-order valence-corrected chi connectivity index (χ3v) is 12.0. The molecule has 358 valence electrons. The Morgan fingerprint density at radius 2 is 0.737 bits per heavy atom. The minimum absolute atomic E-state index is 0.0199. The van der Waals surface area contributed by atoms with E-state index < -0.39 is 24.2 Å². The summed E-state index contributed by atoms with van der Waals surface area (Å²) < 4.78 is 90.9. The second-order valence-corrected chi connectivity index (χ2v) is 16.3. The molecule has 0 fully saturated rings. The van der Waals surface area contributed by atoms with Gasteiger partial charge in [0.1, 0.15) is 35.8 Å². The quantitative estimate of drug-likeness (QED) is 0.102. The lowest BCUT2D eigenvalue weighted by molar-refractivity contribution is -0.275. The second-order valence-electron chi connectivity index (χ2n) is 16.3. The van der Waals surface area contributed by atoms with Crippen LogP contribution in [-0.2, 0) is 0 Å². The number of aromatic nitrogens is 2. The molecule has 7 aromatic rings. The van der Waals surface area contributed by atoms with Gasteiger partial charge in [0, 0.05) is 56.9 Å². The van der Waals surface area contributed by atoms with E-state index in [0.29, 0.717) is 0 Å². The summed E-state index contributed by atoms with van der Waals surface area (Å²) in [4.78, 5) is 9.16. The number of nitriles is 8. The largest absolute Gasteiger partial charge is 0.573 e. The van der Waals surface area contributed by atoms with Crippen molar-refractivity contribution in [1.82, 2.24) is 9.97 Å². The van der Waals surface area contributed by atoms with Gasteiger partial charge in [-0.05, 0) is 118 Å². The maximum Gasteiger partial charge on any atom is 0.573 e. The molecule has 2 heterocycles. The smallest absolute Gasteiger partial charge is 0.406 e. The minimum Gasteiger partial charge on any atom is -0.406 e. The van der Waals surface area contributed by atoms with Gasteiger partial charge in [-0.1, -0.05) is 36.4 Å². The number of hydrogen-bond acceptors (Lipinski definition) is 12. The highest BCUT2D eigenvalue weighted by Gasteiger charge is 2.45. The molecule has 5 aromatic carbocycles. The summed E-state index contributed by atoms with van der Waals surface area (Å²) in [6.45, 7) is 0. The van der Waals surface area contributed by atoms with Crippen LogP contribution in [0.2, 0.25) is 0 Å². The Kier molecular flexibility index (Phi) is 12.7. The minimum atomic E-state index is -5.15. The average Bonchev–Trinajstić information content (AvgIpc) is 4.12. The van der Waals surface area contributed by atoms with Crippen molar-refractivity contribution in [2.75, 3.05) is 0 Å². The van der Waals surface area contributed by atoms with Gasteiger partial charge in [0.25, 0.3) is 0 Å². The molecule has 12 nitrogen and oxygen atoms in total. The predicted molar refractivity (Wildman–Crippen MR) is 261 cm³/mol. The first-order valence-corrected chi connectivity index (χ1v) is 21.9. The van der Waals surface area contributed by atoms with Crippen LogP contribution in [0.15, 0.2) is 134 Å². The number of benzene rings is 5. The number of pyridine rings is 2. The zero-order chi connectivity index (χ0) is 54.1. The third-order valence-electron chi connectivity index (χ3n) is 12.0. The molecule has 0 amide bonds. The molecule has 0 aliphatic heterocycles. The van der Waals surface area contributed by atoms with Gasteiger partial charge < -0.3 is 9.47 Å². The maximum absolute atomic E-state index is 13.7. The molecule has 0 saturated carbocycles. The van der Waals surface area contributed by atoms with E-state index in [1.165, 1.54) is 85.2 Å². The summed E-state index contributed by atoms with van der Waals surface area (Å²) in [5.41, 5.74) is -1.89. The van der Waals surface area contributed by atoms with Crippen molar-refractivity contribution in [2.24, 2.45) is 0 Å². The number of allylic oxidation sites excluding steroid dienone is 8.